The minimum atomic E-state index is -0.433. The van der Waals surface area contributed by atoms with Gasteiger partial charge in [0.15, 0.2) is 17.5 Å². The van der Waals surface area contributed by atoms with Gasteiger partial charge in [-0.25, -0.2) is 15.0 Å². The van der Waals surface area contributed by atoms with Crippen LogP contribution in [0.5, 0.6) is 5.75 Å². The number of rotatable bonds is 6. The second kappa shape index (κ2) is 13.4. The maximum Gasteiger partial charge on any atom is 0.164 e. The van der Waals surface area contributed by atoms with E-state index in [0.717, 1.165) is 34.4 Å². The summed E-state index contributed by atoms with van der Waals surface area (Å²) < 4.78 is 6.70. The second-order valence-electron chi connectivity index (χ2n) is 15.5. The van der Waals surface area contributed by atoms with Crippen LogP contribution in [0.4, 0.5) is 0 Å². The largest absolute Gasteiger partial charge is 0.485 e. The van der Waals surface area contributed by atoms with Gasteiger partial charge in [-0.1, -0.05) is 183 Å². The van der Waals surface area contributed by atoms with Crippen molar-refractivity contribution in [2.45, 2.75) is 30.8 Å². The lowest BCUT2D eigenvalue weighted by atomic mass is 9.65. The Kier molecular flexibility index (Phi) is 7.85. The molecule has 57 heavy (non-hydrogen) atoms. The van der Waals surface area contributed by atoms with Crippen molar-refractivity contribution < 1.29 is 4.74 Å². The molecule has 0 radical (unpaired) electrons. The summed E-state index contributed by atoms with van der Waals surface area (Å²) in [6, 6.07) is 53.6. The Morgan fingerprint density at radius 1 is 0.561 bits per heavy atom. The predicted octanol–water partition coefficient (Wildman–Crippen LogP) is 12.2. The number of hydrogen-bond acceptors (Lipinski definition) is 4. The minimum absolute atomic E-state index is 0.0375. The van der Waals surface area contributed by atoms with Crippen molar-refractivity contribution in [3.63, 3.8) is 0 Å². The van der Waals surface area contributed by atoms with Crippen LogP contribution >= 0.6 is 0 Å². The summed E-state index contributed by atoms with van der Waals surface area (Å²) in [5, 5.41) is 0. The second-order valence-corrected chi connectivity index (χ2v) is 15.5. The van der Waals surface area contributed by atoms with E-state index in [0.29, 0.717) is 23.4 Å². The lowest BCUT2D eigenvalue weighted by molar-refractivity contribution is 0.269. The van der Waals surface area contributed by atoms with E-state index in [2.05, 4.69) is 128 Å². The number of benzene rings is 6. The first-order valence-corrected chi connectivity index (χ1v) is 19.9. The Labute approximate surface area is 333 Å². The van der Waals surface area contributed by atoms with Crippen molar-refractivity contribution in [3.05, 3.63) is 222 Å². The molecule has 4 heteroatoms. The molecule has 11 rings (SSSR count). The van der Waals surface area contributed by atoms with Crippen LogP contribution in [0.25, 0.3) is 50.9 Å². The van der Waals surface area contributed by atoms with Crippen LogP contribution in [0.2, 0.25) is 0 Å². The molecule has 0 saturated carbocycles. The van der Waals surface area contributed by atoms with Crippen molar-refractivity contribution in [2.24, 2.45) is 5.92 Å². The first-order chi connectivity index (χ1) is 28.2. The summed E-state index contributed by atoms with van der Waals surface area (Å²) in [5.41, 5.74) is 13.8. The van der Waals surface area contributed by atoms with E-state index >= 15 is 0 Å². The molecule has 0 fully saturated rings. The Hall–Kier alpha value is -6.91. The molecule has 4 aliphatic rings. The summed E-state index contributed by atoms with van der Waals surface area (Å²) >= 11 is 0. The first kappa shape index (κ1) is 33.4. The fourth-order valence-corrected chi connectivity index (χ4v) is 9.60. The molecule has 4 unspecified atom stereocenters. The van der Waals surface area contributed by atoms with Crippen molar-refractivity contribution in [3.8, 4) is 51.0 Å². The van der Waals surface area contributed by atoms with E-state index in [-0.39, 0.29) is 12.0 Å². The summed E-state index contributed by atoms with van der Waals surface area (Å²) in [6.07, 6.45) is 15.1. The van der Waals surface area contributed by atoms with E-state index < -0.39 is 5.41 Å². The normalized spacial score (nSPS) is 21.1. The van der Waals surface area contributed by atoms with Gasteiger partial charge in [0.25, 0.3) is 0 Å². The zero-order chi connectivity index (χ0) is 37.9. The highest BCUT2D eigenvalue weighted by Crippen LogP contribution is 2.59. The van der Waals surface area contributed by atoms with Crippen molar-refractivity contribution >= 4 is 5.57 Å². The Bertz CT molecular complexity index is 2760. The zero-order valence-electron chi connectivity index (χ0n) is 31.6. The number of fused-ring (bicyclic) bond motifs is 6. The minimum Gasteiger partial charge on any atom is -0.485 e. The fraction of sp³-hybridized carbons (Fsp3) is 0.113. The number of ether oxygens (including phenoxy) is 1. The van der Waals surface area contributed by atoms with Gasteiger partial charge in [-0.15, -0.1) is 0 Å². The quantitative estimate of drug-likeness (QED) is 0.171. The van der Waals surface area contributed by atoms with Crippen LogP contribution in [0.15, 0.2) is 194 Å². The predicted molar refractivity (Wildman–Crippen MR) is 230 cm³/mol. The Balaban J connectivity index is 1.08. The van der Waals surface area contributed by atoms with E-state index in [1.807, 2.05) is 66.7 Å². The molecule has 0 N–H and O–H groups in total. The average Bonchev–Trinajstić information content (AvgIpc) is 3.81. The smallest absolute Gasteiger partial charge is 0.164 e. The van der Waals surface area contributed by atoms with Crippen LogP contribution in [0.1, 0.15) is 47.1 Å². The number of aromatic nitrogens is 3. The van der Waals surface area contributed by atoms with Gasteiger partial charge in [-0.2, -0.15) is 0 Å². The molecule has 2 heterocycles. The third kappa shape index (κ3) is 5.32. The molecule has 0 bridgehead atoms. The van der Waals surface area contributed by atoms with E-state index in [1.54, 1.807) is 0 Å². The number of hydrogen-bond donors (Lipinski definition) is 0. The van der Waals surface area contributed by atoms with Crippen LogP contribution in [-0.2, 0) is 5.41 Å². The van der Waals surface area contributed by atoms with E-state index in [9.17, 15) is 0 Å². The molecule has 1 aliphatic heterocycles. The molecule has 1 aromatic heterocycles. The summed E-state index contributed by atoms with van der Waals surface area (Å²) in [5.74, 6) is 3.21. The molecule has 0 spiro atoms. The Morgan fingerprint density at radius 2 is 1.18 bits per heavy atom. The monoisotopic (exact) mass is 733 g/mol. The van der Waals surface area contributed by atoms with Crippen molar-refractivity contribution in [2.75, 3.05) is 0 Å². The van der Waals surface area contributed by atoms with Gasteiger partial charge in [0, 0.05) is 28.2 Å². The summed E-state index contributed by atoms with van der Waals surface area (Å²) in [6.45, 7) is 2.33. The molecule has 0 amide bonds. The fourth-order valence-electron chi connectivity index (χ4n) is 9.60. The molecule has 272 valence electrons. The number of nitrogens with zero attached hydrogens (tertiary/aromatic N) is 3. The van der Waals surface area contributed by atoms with Gasteiger partial charge in [0.05, 0.1) is 5.41 Å². The SMILES string of the molecule is CC1C=C(C2(c3ccccc3)c3ccccc3-c3c(C4=CC5c6c(cccc6-c6nc(-c7ccccc7)nc(-c7ccccc7)n6)OC5C=C4)cccc32)C=CC1. The first-order valence-electron chi connectivity index (χ1n) is 19.9. The molecular weight excluding hydrogens is 695 g/mol. The lowest BCUT2D eigenvalue weighted by Gasteiger charge is -2.36. The maximum atomic E-state index is 6.70. The summed E-state index contributed by atoms with van der Waals surface area (Å²) in [7, 11) is 0. The van der Waals surface area contributed by atoms with Crippen LogP contribution in [-0.4, -0.2) is 21.1 Å². The van der Waals surface area contributed by atoms with Gasteiger partial charge in [0.2, 0.25) is 0 Å². The van der Waals surface area contributed by atoms with Crippen molar-refractivity contribution in [1.82, 2.24) is 15.0 Å². The van der Waals surface area contributed by atoms with Crippen LogP contribution in [0.3, 0.4) is 0 Å². The van der Waals surface area contributed by atoms with Gasteiger partial charge in [-0.3, -0.25) is 0 Å². The van der Waals surface area contributed by atoms with Crippen LogP contribution in [0, 0.1) is 5.92 Å². The molecule has 6 aromatic carbocycles. The molecular formula is C53H39N3O. The molecule has 7 aromatic rings. The molecule has 4 nitrogen and oxygen atoms in total. The maximum absolute atomic E-state index is 6.70. The Morgan fingerprint density at radius 3 is 1.91 bits per heavy atom. The average molecular weight is 734 g/mol. The van der Waals surface area contributed by atoms with Gasteiger partial charge in [-0.05, 0) is 69.0 Å². The highest BCUT2D eigenvalue weighted by atomic mass is 16.5. The number of allylic oxidation sites excluding steroid dienone is 6. The lowest BCUT2D eigenvalue weighted by Crippen LogP contribution is -2.30. The highest BCUT2D eigenvalue weighted by molar-refractivity contribution is 5.96. The zero-order valence-corrected chi connectivity index (χ0v) is 31.6. The summed E-state index contributed by atoms with van der Waals surface area (Å²) in [4.78, 5) is 15.2. The molecule has 0 saturated heterocycles. The van der Waals surface area contributed by atoms with Crippen LogP contribution < -0.4 is 4.74 Å². The van der Waals surface area contributed by atoms with E-state index in [1.165, 1.54) is 44.5 Å². The molecule has 4 atom stereocenters. The highest BCUT2D eigenvalue weighted by Gasteiger charge is 2.48. The molecule has 3 aliphatic carbocycles. The van der Waals surface area contributed by atoms with Gasteiger partial charge >= 0.3 is 0 Å². The topological polar surface area (TPSA) is 47.9 Å². The third-order valence-corrected chi connectivity index (χ3v) is 12.1. The van der Waals surface area contributed by atoms with Gasteiger partial charge < -0.3 is 4.74 Å². The van der Waals surface area contributed by atoms with E-state index in [4.69, 9.17) is 19.7 Å². The standard InChI is InChI=1S/C53H39N3O/c1-34-16-13-23-39(32-34)53(38-21-9-4-10-22-38)44-27-12-11-24-41(44)48-40(25-14-28-45(48)53)37-30-31-46-43(33-37)49-42(26-15-29-47(49)57-46)52-55-50(35-17-5-2-6-18-35)54-51(56-52)36-19-7-3-8-20-36/h2-15,17-34,43,46H,16H2,1H3. The third-order valence-electron chi connectivity index (χ3n) is 12.1. The van der Waals surface area contributed by atoms with Gasteiger partial charge in [0.1, 0.15) is 11.9 Å². The van der Waals surface area contributed by atoms with Crippen molar-refractivity contribution in [1.29, 1.82) is 0 Å².